The van der Waals surface area contributed by atoms with Crippen LogP contribution in [0.25, 0.3) is 0 Å². The first-order valence-electron chi connectivity index (χ1n) is 15.2. The summed E-state index contributed by atoms with van der Waals surface area (Å²) in [4.78, 5) is 44.5. The van der Waals surface area contributed by atoms with Gasteiger partial charge in [0.25, 0.3) is 11.8 Å². The fourth-order valence-corrected chi connectivity index (χ4v) is 6.57. The lowest BCUT2D eigenvalue weighted by molar-refractivity contribution is -0.126. The number of amides is 3. The van der Waals surface area contributed by atoms with E-state index in [2.05, 4.69) is 32.2 Å². The summed E-state index contributed by atoms with van der Waals surface area (Å²) in [5.41, 5.74) is 3.05. The zero-order valence-electron chi connectivity index (χ0n) is 25.2. The van der Waals surface area contributed by atoms with Gasteiger partial charge in [0.05, 0.1) is 17.5 Å². The van der Waals surface area contributed by atoms with Gasteiger partial charge in [0, 0.05) is 36.8 Å². The van der Waals surface area contributed by atoms with Crippen molar-refractivity contribution in [1.29, 1.82) is 0 Å². The zero-order valence-corrected chi connectivity index (χ0v) is 25.2. The normalized spacial score (nSPS) is 22.6. The van der Waals surface area contributed by atoms with Crippen LogP contribution in [-0.4, -0.2) is 53.2 Å². The maximum Gasteiger partial charge on any atom is 0.257 e. The molecule has 2 fully saturated rings. The summed E-state index contributed by atoms with van der Waals surface area (Å²) >= 11 is 0. The molecule has 6 nitrogen and oxygen atoms in total. The van der Waals surface area contributed by atoms with Crippen molar-refractivity contribution in [3.8, 4) is 0 Å². The molecule has 2 heterocycles. The van der Waals surface area contributed by atoms with Crippen molar-refractivity contribution in [3.05, 3.63) is 88.8 Å². The van der Waals surface area contributed by atoms with Crippen LogP contribution in [0.2, 0.25) is 0 Å². The molecule has 222 valence electrons. The van der Waals surface area contributed by atoms with E-state index in [0.717, 1.165) is 37.2 Å². The van der Waals surface area contributed by atoms with Crippen LogP contribution in [0, 0.1) is 24.6 Å². The van der Waals surface area contributed by atoms with E-state index in [-0.39, 0.29) is 34.6 Å². The number of carbonyl (C=O) groups excluding carboxylic acids is 3. The van der Waals surface area contributed by atoms with Gasteiger partial charge in [-0.05, 0) is 73.8 Å². The van der Waals surface area contributed by atoms with Gasteiger partial charge >= 0.3 is 0 Å². The first-order valence-corrected chi connectivity index (χ1v) is 15.2. The number of hydrogen-bond acceptors (Lipinski definition) is 3. The average molecular weight is 572 g/mol. The predicted molar refractivity (Wildman–Crippen MR) is 164 cm³/mol. The molecule has 5 rings (SSSR count). The molecule has 2 aromatic carbocycles. The number of hydrogen-bond donors (Lipinski definition) is 1. The number of likely N-dealkylation sites (tertiary alicyclic amines) is 2. The van der Waals surface area contributed by atoms with Crippen molar-refractivity contribution in [2.45, 2.75) is 71.3 Å². The predicted octanol–water partition coefficient (Wildman–Crippen LogP) is 6.42. The first kappa shape index (κ1) is 29.7. The lowest BCUT2D eigenvalue weighted by atomic mass is 9.77. The van der Waals surface area contributed by atoms with Crippen LogP contribution in [0.3, 0.4) is 0 Å². The van der Waals surface area contributed by atoms with Gasteiger partial charge in [-0.2, -0.15) is 0 Å². The molecule has 0 aromatic heterocycles. The number of carbonyl (C=O) groups is 3. The minimum atomic E-state index is -0.554. The molecular weight excluding hydrogens is 529 g/mol. The summed E-state index contributed by atoms with van der Waals surface area (Å²) in [5.74, 6) is -1.74. The summed E-state index contributed by atoms with van der Waals surface area (Å²) in [7, 11) is 0. The molecule has 42 heavy (non-hydrogen) atoms. The maximum atomic E-state index is 15.0. The summed E-state index contributed by atoms with van der Waals surface area (Å²) in [5, 5.41) is 3.13. The van der Waals surface area contributed by atoms with Crippen molar-refractivity contribution >= 4 is 23.4 Å². The van der Waals surface area contributed by atoms with E-state index >= 15 is 0 Å². The fraction of sp³-hybridized carbons (Fsp3) is 0.457. The molecule has 1 aliphatic carbocycles. The summed E-state index contributed by atoms with van der Waals surface area (Å²) in [6, 6.07) is 12.1. The van der Waals surface area contributed by atoms with E-state index < -0.39 is 17.8 Å². The van der Waals surface area contributed by atoms with E-state index in [1.165, 1.54) is 6.07 Å². The average Bonchev–Trinajstić information content (AvgIpc) is 3.51. The molecule has 3 aliphatic rings. The van der Waals surface area contributed by atoms with Crippen molar-refractivity contribution in [2.24, 2.45) is 11.8 Å². The van der Waals surface area contributed by atoms with Crippen molar-refractivity contribution in [3.63, 3.8) is 0 Å². The largest absolute Gasteiger partial charge is 0.339 e. The van der Waals surface area contributed by atoms with Crippen molar-refractivity contribution < 1.29 is 18.8 Å². The van der Waals surface area contributed by atoms with Crippen LogP contribution in [0.5, 0.6) is 0 Å². The SMILES string of the molecule is Cc1cccc(F)c1C(=O)N1CCCC(C(=O)Nc2cccc(C(C)(C)C)c2)[C@@H]1C1C=CC(C(=O)N2CCCC2)=CC1. The van der Waals surface area contributed by atoms with Gasteiger partial charge in [0.2, 0.25) is 5.91 Å². The molecule has 7 heteroatoms. The van der Waals surface area contributed by atoms with Crippen molar-refractivity contribution in [1.82, 2.24) is 9.80 Å². The highest BCUT2D eigenvalue weighted by atomic mass is 19.1. The Morgan fingerprint density at radius 1 is 0.952 bits per heavy atom. The second-order valence-corrected chi connectivity index (χ2v) is 12.9. The number of halogens is 1. The summed E-state index contributed by atoms with van der Waals surface area (Å²) in [6.07, 6.45) is 9.60. The summed E-state index contributed by atoms with van der Waals surface area (Å²) < 4.78 is 15.0. The third-order valence-corrected chi connectivity index (χ3v) is 8.93. The lowest BCUT2D eigenvalue weighted by Crippen LogP contribution is -2.55. The molecular formula is C35H42FN3O3. The number of nitrogens with zero attached hydrogens (tertiary/aromatic N) is 2. The Morgan fingerprint density at radius 2 is 1.69 bits per heavy atom. The number of benzene rings is 2. The smallest absolute Gasteiger partial charge is 0.257 e. The standard InChI is InChI=1S/C35H42FN3O3/c1-23-10-7-14-29(36)30(23)34(42)39-21-9-13-28(32(40)37-27-12-8-11-26(22-27)35(2,3)4)31(39)24-15-17-25(18-16-24)33(41)38-19-5-6-20-38/h7-8,10-12,14-15,17-18,22,24,28,31H,5-6,9,13,16,19-21H2,1-4H3,(H,37,40)/t24?,28?,31-/m0/s1. The molecule has 0 spiro atoms. The van der Waals surface area contributed by atoms with Crippen molar-refractivity contribution in [2.75, 3.05) is 25.0 Å². The third kappa shape index (κ3) is 6.20. The van der Waals surface area contributed by atoms with Gasteiger partial charge in [-0.25, -0.2) is 4.39 Å². The molecule has 0 radical (unpaired) electrons. The Hall–Kier alpha value is -3.74. The Labute approximate surface area is 248 Å². The Morgan fingerprint density at radius 3 is 2.36 bits per heavy atom. The van der Waals surface area contributed by atoms with E-state index in [9.17, 15) is 18.8 Å². The minimum absolute atomic E-state index is 0.0359. The number of anilines is 1. The highest BCUT2D eigenvalue weighted by Crippen LogP contribution is 2.37. The lowest BCUT2D eigenvalue weighted by Gasteiger charge is -2.44. The zero-order chi connectivity index (χ0) is 30.0. The van der Waals surface area contributed by atoms with Gasteiger partial charge in [-0.1, -0.05) is 63.3 Å². The highest BCUT2D eigenvalue weighted by molar-refractivity contribution is 5.98. The van der Waals surface area contributed by atoms with Gasteiger partial charge in [-0.3, -0.25) is 14.4 Å². The number of piperidine rings is 1. The second-order valence-electron chi connectivity index (χ2n) is 12.9. The summed E-state index contributed by atoms with van der Waals surface area (Å²) in [6.45, 7) is 10.1. The Balaban J connectivity index is 1.44. The van der Waals surface area contributed by atoms with E-state index in [0.29, 0.717) is 36.9 Å². The molecule has 3 atom stereocenters. The monoisotopic (exact) mass is 571 g/mol. The first-order chi connectivity index (χ1) is 20.0. The van der Waals surface area contributed by atoms with Crippen LogP contribution >= 0.6 is 0 Å². The molecule has 0 saturated carbocycles. The number of aryl methyl sites for hydroxylation is 1. The van der Waals surface area contributed by atoms with Gasteiger partial charge in [0.1, 0.15) is 5.82 Å². The second kappa shape index (κ2) is 12.2. The van der Waals surface area contributed by atoms with Gasteiger partial charge in [0.15, 0.2) is 0 Å². The van der Waals surface area contributed by atoms with E-state index in [4.69, 9.17) is 0 Å². The van der Waals surface area contributed by atoms with Gasteiger partial charge in [-0.15, -0.1) is 0 Å². The molecule has 2 unspecified atom stereocenters. The van der Waals surface area contributed by atoms with Crippen LogP contribution in [-0.2, 0) is 15.0 Å². The molecule has 2 aliphatic heterocycles. The number of rotatable bonds is 5. The highest BCUT2D eigenvalue weighted by Gasteiger charge is 2.43. The third-order valence-electron chi connectivity index (χ3n) is 8.93. The van der Waals surface area contributed by atoms with Crippen LogP contribution in [0.1, 0.15) is 74.4 Å². The minimum Gasteiger partial charge on any atom is -0.339 e. The van der Waals surface area contributed by atoms with Crippen LogP contribution in [0.15, 0.2) is 66.3 Å². The molecule has 2 saturated heterocycles. The van der Waals surface area contributed by atoms with Crippen LogP contribution < -0.4 is 5.32 Å². The Bertz CT molecular complexity index is 1400. The molecule has 1 N–H and O–H groups in total. The maximum absolute atomic E-state index is 15.0. The van der Waals surface area contributed by atoms with E-state index in [1.807, 2.05) is 41.3 Å². The Kier molecular flexibility index (Phi) is 8.67. The van der Waals surface area contributed by atoms with E-state index in [1.54, 1.807) is 24.0 Å². The van der Waals surface area contributed by atoms with Gasteiger partial charge < -0.3 is 15.1 Å². The molecule has 0 bridgehead atoms. The number of nitrogens with one attached hydrogen (secondary N) is 1. The molecule has 3 amide bonds. The number of allylic oxidation sites excluding steroid dienone is 1. The quantitative estimate of drug-likeness (QED) is 0.451. The fourth-order valence-electron chi connectivity index (χ4n) is 6.57. The topological polar surface area (TPSA) is 69.7 Å². The van der Waals surface area contributed by atoms with Crippen LogP contribution in [0.4, 0.5) is 10.1 Å². The molecule has 2 aromatic rings.